The van der Waals surface area contributed by atoms with Crippen LogP contribution in [0.5, 0.6) is 5.75 Å². The molecule has 5 nitrogen and oxygen atoms in total. The van der Waals surface area contributed by atoms with Crippen LogP contribution in [0.1, 0.15) is 23.7 Å². The Morgan fingerprint density at radius 1 is 1.29 bits per heavy atom. The first kappa shape index (κ1) is 16.3. The Balaban J connectivity index is 1.81. The van der Waals surface area contributed by atoms with Crippen molar-refractivity contribution in [2.75, 3.05) is 23.4 Å². The number of nitrogens with one attached hydrogen (secondary N) is 1. The third-order valence-corrected chi connectivity index (χ3v) is 3.93. The molecule has 1 heterocycles. The van der Waals surface area contributed by atoms with Gasteiger partial charge in [0.05, 0.1) is 5.69 Å². The molecular formula is C18H17ClN2O3. The van der Waals surface area contributed by atoms with Crippen LogP contribution < -0.4 is 15.0 Å². The molecule has 0 bridgehead atoms. The molecule has 0 spiro atoms. The highest BCUT2D eigenvalue weighted by Crippen LogP contribution is 2.34. The van der Waals surface area contributed by atoms with E-state index in [-0.39, 0.29) is 18.4 Å². The second-order valence-electron chi connectivity index (χ2n) is 5.48. The van der Waals surface area contributed by atoms with Crippen LogP contribution in [0.2, 0.25) is 5.02 Å². The Labute approximate surface area is 145 Å². The third-order valence-electron chi connectivity index (χ3n) is 3.69. The maximum absolute atomic E-state index is 12.3. The second-order valence-corrected chi connectivity index (χ2v) is 5.92. The van der Waals surface area contributed by atoms with Crippen molar-refractivity contribution >= 4 is 34.8 Å². The molecule has 0 aliphatic carbocycles. The van der Waals surface area contributed by atoms with E-state index in [0.717, 1.165) is 12.1 Å². The Morgan fingerprint density at radius 2 is 2.12 bits per heavy atom. The highest BCUT2D eigenvalue weighted by Gasteiger charge is 2.25. The Hall–Kier alpha value is -2.53. The zero-order chi connectivity index (χ0) is 17.1. The molecular weight excluding hydrogens is 328 g/mol. The SMILES string of the molecule is CCCN1C(=O)COc2cc(NC(=O)c3cccc(Cl)c3)ccc21. The van der Waals surface area contributed by atoms with Crippen molar-refractivity contribution in [3.8, 4) is 5.75 Å². The lowest BCUT2D eigenvalue weighted by atomic mass is 10.1. The summed E-state index contributed by atoms with van der Waals surface area (Å²) in [6.45, 7) is 2.67. The smallest absolute Gasteiger partial charge is 0.265 e. The largest absolute Gasteiger partial charge is 0.481 e. The molecule has 124 valence electrons. The van der Waals surface area contributed by atoms with Crippen LogP contribution in [0, 0.1) is 0 Å². The van der Waals surface area contributed by atoms with Crippen molar-refractivity contribution < 1.29 is 14.3 Å². The molecule has 3 rings (SSSR count). The van der Waals surface area contributed by atoms with Crippen molar-refractivity contribution in [2.24, 2.45) is 0 Å². The number of ether oxygens (including phenoxy) is 1. The zero-order valence-electron chi connectivity index (χ0n) is 13.2. The Bertz CT molecular complexity index is 792. The zero-order valence-corrected chi connectivity index (χ0v) is 14.0. The number of carbonyl (C=O) groups excluding carboxylic acids is 2. The molecule has 0 radical (unpaired) electrons. The van der Waals surface area contributed by atoms with E-state index in [4.69, 9.17) is 16.3 Å². The minimum Gasteiger partial charge on any atom is -0.481 e. The van der Waals surface area contributed by atoms with Gasteiger partial charge < -0.3 is 15.0 Å². The van der Waals surface area contributed by atoms with Gasteiger partial charge in [-0.2, -0.15) is 0 Å². The Kier molecular flexibility index (Phi) is 4.71. The number of nitrogens with zero attached hydrogens (tertiary/aromatic N) is 1. The van der Waals surface area contributed by atoms with Crippen molar-refractivity contribution in [3.05, 3.63) is 53.1 Å². The van der Waals surface area contributed by atoms with Crippen LogP contribution in [-0.4, -0.2) is 25.0 Å². The topological polar surface area (TPSA) is 58.6 Å². The molecule has 0 atom stereocenters. The van der Waals surface area contributed by atoms with Gasteiger partial charge in [-0.15, -0.1) is 0 Å². The Morgan fingerprint density at radius 3 is 2.88 bits per heavy atom. The normalized spacial score (nSPS) is 13.2. The summed E-state index contributed by atoms with van der Waals surface area (Å²) in [6.07, 6.45) is 0.860. The van der Waals surface area contributed by atoms with Crippen molar-refractivity contribution in [2.45, 2.75) is 13.3 Å². The summed E-state index contributed by atoms with van der Waals surface area (Å²) < 4.78 is 5.50. The van der Waals surface area contributed by atoms with E-state index >= 15 is 0 Å². The minimum atomic E-state index is -0.255. The summed E-state index contributed by atoms with van der Waals surface area (Å²) in [5.74, 6) is 0.279. The first-order valence-electron chi connectivity index (χ1n) is 7.72. The average Bonchev–Trinajstić information content (AvgIpc) is 2.57. The van der Waals surface area contributed by atoms with Gasteiger partial charge in [0.15, 0.2) is 6.61 Å². The van der Waals surface area contributed by atoms with Gasteiger partial charge in [-0.05, 0) is 36.8 Å². The number of anilines is 2. The fraction of sp³-hybridized carbons (Fsp3) is 0.222. The summed E-state index contributed by atoms with van der Waals surface area (Å²) >= 11 is 5.91. The van der Waals surface area contributed by atoms with E-state index in [1.54, 1.807) is 47.4 Å². The second kappa shape index (κ2) is 6.93. The summed E-state index contributed by atoms with van der Waals surface area (Å²) in [7, 11) is 0. The molecule has 0 aromatic heterocycles. The quantitative estimate of drug-likeness (QED) is 0.919. The van der Waals surface area contributed by atoms with E-state index in [0.29, 0.717) is 28.6 Å². The predicted octanol–water partition coefficient (Wildman–Crippen LogP) is 3.73. The van der Waals surface area contributed by atoms with Crippen LogP contribution in [0.25, 0.3) is 0 Å². The van der Waals surface area contributed by atoms with E-state index < -0.39 is 0 Å². The average molecular weight is 345 g/mol. The summed E-state index contributed by atoms with van der Waals surface area (Å²) in [4.78, 5) is 25.9. The highest BCUT2D eigenvalue weighted by atomic mass is 35.5. The molecule has 6 heteroatoms. The molecule has 2 aromatic carbocycles. The van der Waals surface area contributed by atoms with Gasteiger partial charge in [-0.1, -0.05) is 24.6 Å². The molecule has 0 saturated heterocycles. The van der Waals surface area contributed by atoms with Crippen molar-refractivity contribution in [1.82, 2.24) is 0 Å². The maximum atomic E-state index is 12.3. The number of hydrogen-bond acceptors (Lipinski definition) is 3. The molecule has 2 aromatic rings. The molecule has 1 aliphatic heterocycles. The van der Waals surface area contributed by atoms with E-state index in [2.05, 4.69) is 5.32 Å². The highest BCUT2D eigenvalue weighted by molar-refractivity contribution is 6.31. The van der Waals surface area contributed by atoms with Crippen LogP contribution in [0.4, 0.5) is 11.4 Å². The lowest BCUT2D eigenvalue weighted by Gasteiger charge is -2.29. The molecule has 1 aliphatic rings. The van der Waals surface area contributed by atoms with Gasteiger partial charge in [0.1, 0.15) is 5.75 Å². The molecule has 2 amide bonds. The lowest BCUT2D eigenvalue weighted by Crippen LogP contribution is -2.39. The van der Waals surface area contributed by atoms with Gasteiger partial charge in [0.25, 0.3) is 11.8 Å². The fourth-order valence-electron chi connectivity index (χ4n) is 2.58. The van der Waals surface area contributed by atoms with Crippen LogP contribution in [0.3, 0.4) is 0 Å². The standard InChI is InChI=1S/C18H17ClN2O3/c1-2-8-21-15-7-6-14(10-16(15)24-11-17(21)22)20-18(23)12-4-3-5-13(19)9-12/h3-7,9-10H,2,8,11H2,1H3,(H,20,23). The van der Waals surface area contributed by atoms with E-state index in [1.165, 1.54) is 0 Å². The third kappa shape index (κ3) is 3.36. The minimum absolute atomic E-state index is 0.0126. The van der Waals surface area contributed by atoms with Gasteiger partial charge in [0.2, 0.25) is 0 Å². The summed E-state index contributed by atoms with van der Waals surface area (Å²) in [6, 6.07) is 12.0. The van der Waals surface area contributed by atoms with Crippen LogP contribution in [-0.2, 0) is 4.79 Å². The van der Waals surface area contributed by atoms with Gasteiger partial charge in [-0.25, -0.2) is 0 Å². The molecule has 0 saturated carbocycles. The lowest BCUT2D eigenvalue weighted by molar-refractivity contribution is -0.121. The molecule has 1 N–H and O–H groups in total. The van der Waals surface area contributed by atoms with Crippen LogP contribution in [0.15, 0.2) is 42.5 Å². The monoisotopic (exact) mass is 344 g/mol. The fourth-order valence-corrected chi connectivity index (χ4v) is 2.77. The van der Waals surface area contributed by atoms with Crippen molar-refractivity contribution in [1.29, 1.82) is 0 Å². The van der Waals surface area contributed by atoms with E-state index in [1.807, 2.05) is 6.92 Å². The maximum Gasteiger partial charge on any atom is 0.265 e. The number of benzene rings is 2. The number of fused-ring (bicyclic) bond motifs is 1. The number of halogens is 1. The summed E-state index contributed by atoms with van der Waals surface area (Å²) in [5, 5.41) is 3.32. The molecule has 0 fully saturated rings. The van der Waals surface area contributed by atoms with Gasteiger partial charge >= 0.3 is 0 Å². The summed E-state index contributed by atoms with van der Waals surface area (Å²) in [5.41, 5.74) is 1.81. The predicted molar refractivity (Wildman–Crippen MR) is 94.0 cm³/mol. The number of amides is 2. The number of rotatable bonds is 4. The van der Waals surface area contributed by atoms with Crippen LogP contribution >= 0.6 is 11.6 Å². The molecule has 0 unspecified atom stereocenters. The van der Waals surface area contributed by atoms with Crippen molar-refractivity contribution in [3.63, 3.8) is 0 Å². The first-order chi connectivity index (χ1) is 11.6. The molecule has 24 heavy (non-hydrogen) atoms. The van der Waals surface area contributed by atoms with E-state index in [9.17, 15) is 9.59 Å². The first-order valence-corrected chi connectivity index (χ1v) is 8.10. The van der Waals surface area contributed by atoms with Gasteiger partial charge in [0, 0.05) is 28.9 Å². The number of hydrogen-bond donors (Lipinski definition) is 1. The number of carbonyl (C=O) groups is 2. The van der Waals surface area contributed by atoms with Gasteiger partial charge in [-0.3, -0.25) is 9.59 Å².